The van der Waals surface area contributed by atoms with E-state index in [-0.39, 0.29) is 0 Å². The van der Waals surface area contributed by atoms with Crippen molar-refractivity contribution < 1.29 is 4.90 Å². The molecule has 0 radical (unpaired) electrons. The predicted molar refractivity (Wildman–Crippen MR) is 85.4 cm³/mol. The average molecular weight is 262 g/mol. The molecule has 1 nitrogen and oxygen atoms in total. The van der Waals surface area contributed by atoms with Gasteiger partial charge in [0.15, 0.2) is 0 Å². The molecule has 0 heterocycles. The molecule has 0 unspecified atom stereocenters. The summed E-state index contributed by atoms with van der Waals surface area (Å²) in [5.41, 5.74) is 3.57. The molecule has 100 valence electrons. The molecule has 20 heavy (non-hydrogen) atoms. The third kappa shape index (κ3) is 4.12. The Labute approximate surface area is 121 Å². The number of hydrogen-bond acceptors (Lipinski definition) is 0. The van der Waals surface area contributed by atoms with Crippen LogP contribution >= 0.6 is 0 Å². The van der Waals surface area contributed by atoms with Gasteiger partial charge < -0.3 is 4.90 Å². The van der Waals surface area contributed by atoms with E-state index in [4.69, 9.17) is 0 Å². The smallest absolute Gasteiger partial charge is 0.139 e. The first-order valence-corrected chi connectivity index (χ1v) is 6.86. The Balaban J connectivity index is 2.35. The molecule has 0 saturated carbocycles. The number of allylic oxidation sites excluding steroid dienone is 1. The zero-order chi connectivity index (χ0) is 14.2. The average Bonchev–Trinajstić information content (AvgIpc) is 2.49. The first-order chi connectivity index (χ1) is 9.77. The normalized spacial score (nSPS) is 9.75. The van der Waals surface area contributed by atoms with Gasteiger partial charge >= 0.3 is 0 Å². The van der Waals surface area contributed by atoms with E-state index in [0.717, 1.165) is 6.54 Å². The maximum atomic E-state index is 3.19. The summed E-state index contributed by atoms with van der Waals surface area (Å²) in [6.07, 6.45) is 2.02. The summed E-state index contributed by atoms with van der Waals surface area (Å²) in [4.78, 5) is 1.34. The molecule has 0 aliphatic heterocycles. The van der Waals surface area contributed by atoms with E-state index in [1.807, 2.05) is 18.2 Å². The number of quaternary nitrogens is 1. The lowest BCUT2D eigenvalue weighted by molar-refractivity contribution is -0.850. The predicted octanol–water partition coefficient (Wildman–Crippen LogP) is 2.27. The van der Waals surface area contributed by atoms with Gasteiger partial charge in [-0.25, -0.2) is 0 Å². The molecule has 0 atom stereocenters. The molecule has 2 aromatic rings. The maximum Gasteiger partial charge on any atom is 0.139 e. The van der Waals surface area contributed by atoms with E-state index in [9.17, 15) is 0 Å². The van der Waals surface area contributed by atoms with Crippen LogP contribution in [0.1, 0.15) is 11.1 Å². The highest BCUT2D eigenvalue weighted by molar-refractivity contribution is 5.81. The Hall–Kier alpha value is -2.30. The summed E-state index contributed by atoms with van der Waals surface area (Å²) in [6, 6.07) is 20.8. The van der Waals surface area contributed by atoms with Gasteiger partial charge in [0.25, 0.3) is 0 Å². The van der Waals surface area contributed by atoms with Crippen LogP contribution in [0.3, 0.4) is 0 Å². The van der Waals surface area contributed by atoms with Crippen LogP contribution in [0.4, 0.5) is 0 Å². The van der Waals surface area contributed by atoms with Crippen molar-refractivity contribution in [3.63, 3.8) is 0 Å². The number of rotatable bonds is 3. The third-order valence-corrected chi connectivity index (χ3v) is 2.93. The van der Waals surface area contributed by atoms with Gasteiger partial charge in [-0.3, -0.25) is 0 Å². The highest BCUT2D eigenvalue weighted by Gasteiger charge is 2.02. The maximum absolute atomic E-state index is 3.19. The lowest BCUT2D eigenvalue weighted by atomic mass is 9.98. The molecule has 0 amide bonds. The highest BCUT2D eigenvalue weighted by atomic mass is 15.0. The molecule has 0 saturated heterocycles. The van der Waals surface area contributed by atoms with Gasteiger partial charge in [0.05, 0.1) is 14.1 Å². The molecular formula is C19H20N+. The Bertz CT molecular complexity index is 572. The van der Waals surface area contributed by atoms with Crippen molar-refractivity contribution >= 4 is 5.57 Å². The second-order valence-corrected chi connectivity index (χ2v) is 5.00. The Morgan fingerprint density at radius 1 is 0.900 bits per heavy atom. The Morgan fingerprint density at radius 3 is 1.85 bits per heavy atom. The minimum absolute atomic E-state index is 0.855. The monoisotopic (exact) mass is 262 g/mol. The third-order valence-electron chi connectivity index (χ3n) is 2.93. The fourth-order valence-electron chi connectivity index (χ4n) is 1.92. The molecule has 1 heteroatoms. The Morgan fingerprint density at radius 2 is 1.40 bits per heavy atom. The minimum atomic E-state index is 0.855. The van der Waals surface area contributed by atoms with Gasteiger partial charge in [-0.1, -0.05) is 66.6 Å². The van der Waals surface area contributed by atoms with Crippen LogP contribution in [0.25, 0.3) is 5.57 Å². The molecule has 0 fully saturated rings. The summed E-state index contributed by atoms with van der Waals surface area (Å²) in [6.45, 7) is 0.855. The van der Waals surface area contributed by atoms with E-state index in [2.05, 4.69) is 74.5 Å². The highest BCUT2D eigenvalue weighted by Crippen LogP contribution is 2.22. The van der Waals surface area contributed by atoms with Crippen LogP contribution in [-0.4, -0.2) is 20.6 Å². The molecule has 0 bridgehead atoms. The van der Waals surface area contributed by atoms with Crippen molar-refractivity contribution in [1.29, 1.82) is 0 Å². The molecule has 0 aliphatic rings. The lowest BCUT2D eigenvalue weighted by Gasteiger charge is -2.06. The van der Waals surface area contributed by atoms with Crippen molar-refractivity contribution in [3.05, 3.63) is 77.9 Å². The topological polar surface area (TPSA) is 4.44 Å². The van der Waals surface area contributed by atoms with Gasteiger partial charge in [-0.2, -0.15) is 0 Å². The van der Waals surface area contributed by atoms with E-state index in [1.165, 1.54) is 21.6 Å². The van der Waals surface area contributed by atoms with Crippen LogP contribution < -0.4 is 4.90 Å². The molecule has 2 rings (SSSR count). The van der Waals surface area contributed by atoms with Gasteiger partial charge in [-0.15, -0.1) is 0 Å². The molecule has 2 aromatic carbocycles. The fraction of sp³-hybridized carbons (Fsp3) is 0.158. The van der Waals surface area contributed by atoms with E-state index in [0.29, 0.717) is 0 Å². The van der Waals surface area contributed by atoms with Crippen LogP contribution in [0.5, 0.6) is 0 Å². The first kappa shape index (κ1) is 14.1. The zero-order valence-electron chi connectivity index (χ0n) is 12.1. The second kappa shape index (κ2) is 7.33. The van der Waals surface area contributed by atoms with Crippen LogP contribution in [0, 0.1) is 11.8 Å². The second-order valence-electron chi connectivity index (χ2n) is 5.00. The minimum Gasteiger partial charge on any atom is -0.330 e. The van der Waals surface area contributed by atoms with Gasteiger partial charge in [0.2, 0.25) is 0 Å². The van der Waals surface area contributed by atoms with E-state index < -0.39 is 0 Å². The summed E-state index contributed by atoms with van der Waals surface area (Å²) >= 11 is 0. The summed E-state index contributed by atoms with van der Waals surface area (Å²) in [5, 5.41) is 0. The van der Waals surface area contributed by atoms with E-state index >= 15 is 0 Å². The summed E-state index contributed by atoms with van der Waals surface area (Å²) < 4.78 is 0. The molecule has 1 N–H and O–H groups in total. The van der Waals surface area contributed by atoms with E-state index in [1.54, 1.807) is 0 Å². The number of nitrogens with one attached hydrogen (secondary N) is 1. The fourth-order valence-corrected chi connectivity index (χ4v) is 1.92. The lowest BCUT2D eigenvalue weighted by Crippen LogP contribution is -3.05. The molecule has 0 aromatic heterocycles. The summed E-state index contributed by atoms with van der Waals surface area (Å²) in [5.74, 6) is 6.37. The first-order valence-electron chi connectivity index (χ1n) is 6.86. The van der Waals surface area contributed by atoms with Crippen molar-refractivity contribution in [3.8, 4) is 11.8 Å². The summed E-state index contributed by atoms with van der Waals surface area (Å²) in [7, 11) is 4.21. The Kier molecular flexibility index (Phi) is 5.17. The quantitative estimate of drug-likeness (QED) is 0.809. The van der Waals surface area contributed by atoms with Gasteiger partial charge in [-0.05, 0) is 28.7 Å². The van der Waals surface area contributed by atoms with Crippen molar-refractivity contribution in [2.75, 3.05) is 20.6 Å². The van der Waals surface area contributed by atoms with Crippen molar-refractivity contribution in [2.24, 2.45) is 0 Å². The molecule has 0 spiro atoms. The van der Waals surface area contributed by atoms with Crippen molar-refractivity contribution in [1.82, 2.24) is 0 Å². The molecule has 0 aliphatic carbocycles. The SMILES string of the molecule is C[NH+](C)CC#CC=C(c1ccccc1)c1ccccc1. The van der Waals surface area contributed by atoms with Crippen LogP contribution in [0.2, 0.25) is 0 Å². The molecular weight excluding hydrogens is 242 g/mol. The van der Waals surface area contributed by atoms with Gasteiger partial charge in [0, 0.05) is 0 Å². The standard InChI is InChI=1S/C19H19N/c1-20(2)16-10-9-15-19(17-11-5-3-6-12-17)18-13-7-4-8-14-18/h3-8,11-15H,16H2,1-2H3/p+1. The van der Waals surface area contributed by atoms with Crippen molar-refractivity contribution in [2.45, 2.75) is 0 Å². The number of hydrogen-bond donors (Lipinski definition) is 1. The largest absolute Gasteiger partial charge is 0.330 e. The zero-order valence-corrected chi connectivity index (χ0v) is 12.1. The number of benzene rings is 2. The van der Waals surface area contributed by atoms with Gasteiger partial charge in [0.1, 0.15) is 6.54 Å². The van der Waals surface area contributed by atoms with Crippen LogP contribution in [-0.2, 0) is 0 Å². The van der Waals surface area contributed by atoms with Crippen LogP contribution in [0.15, 0.2) is 66.7 Å².